The highest BCUT2D eigenvalue weighted by atomic mass is 16.2. The molecule has 2 aromatic heterocycles. The van der Waals surface area contributed by atoms with E-state index in [0.717, 1.165) is 11.2 Å². The number of hydrogen-bond acceptors (Lipinski definition) is 2. The Labute approximate surface area is 111 Å². The van der Waals surface area contributed by atoms with Crippen LogP contribution < -0.4 is 10.7 Å². The number of carbonyl (C=O) groups is 1. The lowest BCUT2D eigenvalue weighted by molar-refractivity contribution is -0.128. The van der Waals surface area contributed by atoms with Gasteiger partial charge in [0.2, 0.25) is 5.91 Å². The number of nitrogens with one attached hydrogen (secondary N) is 2. The number of H-pyrrole nitrogens is 1. The molecule has 0 bridgehead atoms. The Hall–Kier alpha value is -2.04. The molecule has 1 amide bonds. The minimum Gasteiger partial charge on any atom is -0.351 e. The fraction of sp³-hybridized carbons (Fsp3) is 0.429. The SMILES string of the molecule is Cc1cc(=O)c(CNC(=O)C(C)(C)C)c2cc[nH]n12. The zero-order valence-corrected chi connectivity index (χ0v) is 11.7. The number of rotatable bonds is 2. The van der Waals surface area contributed by atoms with Gasteiger partial charge >= 0.3 is 0 Å². The van der Waals surface area contributed by atoms with Crippen molar-refractivity contribution in [2.45, 2.75) is 34.2 Å². The van der Waals surface area contributed by atoms with Gasteiger partial charge in [0, 0.05) is 35.5 Å². The largest absolute Gasteiger partial charge is 0.351 e. The summed E-state index contributed by atoms with van der Waals surface area (Å²) in [5.74, 6) is -0.0684. The monoisotopic (exact) mass is 261 g/mol. The van der Waals surface area contributed by atoms with E-state index in [1.54, 1.807) is 12.3 Å². The molecule has 2 rings (SSSR count). The summed E-state index contributed by atoms with van der Waals surface area (Å²) >= 11 is 0. The topological polar surface area (TPSA) is 66.4 Å². The molecule has 0 unspecified atom stereocenters. The van der Waals surface area contributed by atoms with Gasteiger partial charge in [0.1, 0.15) is 0 Å². The Morgan fingerprint density at radius 1 is 1.42 bits per heavy atom. The van der Waals surface area contributed by atoms with Crippen molar-refractivity contribution in [2.75, 3.05) is 0 Å². The molecule has 2 aromatic rings. The van der Waals surface area contributed by atoms with Crippen molar-refractivity contribution in [1.82, 2.24) is 14.9 Å². The molecule has 0 aliphatic heterocycles. The maximum atomic E-state index is 12.0. The second-order valence-electron chi connectivity index (χ2n) is 5.74. The van der Waals surface area contributed by atoms with Crippen LogP contribution in [-0.2, 0) is 11.3 Å². The van der Waals surface area contributed by atoms with Crippen LogP contribution in [0.4, 0.5) is 0 Å². The Morgan fingerprint density at radius 2 is 2.11 bits per heavy atom. The van der Waals surface area contributed by atoms with E-state index >= 15 is 0 Å². The first-order valence-electron chi connectivity index (χ1n) is 6.27. The lowest BCUT2D eigenvalue weighted by atomic mass is 9.95. The molecule has 0 radical (unpaired) electrons. The third-order valence-electron chi connectivity index (χ3n) is 3.09. The molecule has 19 heavy (non-hydrogen) atoms. The van der Waals surface area contributed by atoms with Crippen LogP contribution in [0.2, 0.25) is 0 Å². The molecule has 2 heterocycles. The van der Waals surface area contributed by atoms with E-state index in [1.165, 1.54) is 0 Å². The summed E-state index contributed by atoms with van der Waals surface area (Å²) < 4.78 is 1.83. The Morgan fingerprint density at radius 3 is 2.74 bits per heavy atom. The lowest BCUT2D eigenvalue weighted by Crippen LogP contribution is -2.35. The molecule has 5 nitrogen and oxygen atoms in total. The molecule has 0 aromatic carbocycles. The smallest absolute Gasteiger partial charge is 0.225 e. The molecule has 5 heteroatoms. The van der Waals surface area contributed by atoms with Crippen molar-refractivity contribution in [3.63, 3.8) is 0 Å². The summed E-state index contributed by atoms with van der Waals surface area (Å²) in [5.41, 5.74) is 1.74. The molecule has 0 aliphatic rings. The number of fused-ring (bicyclic) bond motifs is 1. The molecular weight excluding hydrogens is 242 g/mol. The van der Waals surface area contributed by atoms with E-state index in [0.29, 0.717) is 5.56 Å². The van der Waals surface area contributed by atoms with E-state index in [-0.39, 0.29) is 17.9 Å². The van der Waals surface area contributed by atoms with E-state index in [1.807, 2.05) is 38.3 Å². The average molecular weight is 261 g/mol. The van der Waals surface area contributed by atoms with Crippen LogP contribution in [0.3, 0.4) is 0 Å². The fourth-order valence-corrected chi connectivity index (χ4v) is 1.94. The van der Waals surface area contributed by atoms with Gasteiger partial charge in [0.15, 0.2) is 5.43 Å². The van der Waals surface area contributed by atoms with Gasteiger partial charge in [-0.2, -0.15) is 0 Å². The maximum absolute atomic E-state index is 12.0. The van der Waals surface area contributed by atoms with E-state index in [9.17, 15) is 9.59 Å². The van der Waals surface area contributed by atoms with Crippen LogP contribution in [0.1, 0.15) is 32.0 Å². The van der Waals surface area contributed by atoms with E-state index < -0.39 is 5.41 Å². The maximum Gasteiger partial charge on any atom is 0.225 e. The molecule has 0 aliphatic carbocycles. The number of aromatic nitrogens is 2. The van der Waals surface area contributed by atoms with E-state index in [2.05, 4.69) is 10.4 Å². The second-order valence-corrected chi connectivity index (χ2v) is 5.74. The van der Waals surface area contributed by atoms with Gasteiger partial charge in [-0.3, -0.25) is 14.1 Å². The van der Waals surface area contributed by atoms with Crippen LogP contribution in [-0.4, -0.2) is 15.5 Å². The van der Waals surface area contributed by atoms with Crippen molar-refractivity contribution in [1.29, 1.82) is 0 Å². The molecule has 102 valence electrons. The van der Waals surface area contributed by atoms with Crippen LogP contribution in [0.25, 0.3) is 5.52 Å². The highest BCUT2D eigenvalue weighted by Crippen LogP contribution is 2.14. The van der Waals surface area contributed by atoms with Gasteiger partial charge in [0.25, 0.3) is 0 Å². The Kier molecular flexibility index (Phi) is 3.22. The van der Waals surface area contributed by atoms with Gasteiger partial charge in [-0.05, 0) is 13.0 Å². The average Bonchev–Trinajstić information content (AvgIpc) is 2.76. The van der Waals surface area contributed by atoms with Gasteiger partial charge in [-0.15, -0.1) is 0 Å². The van der Waals surface area contributed by atoms with Crippen molar-refractivity contribution < 1.29 is 4.79 Å². The number of hydrogen-bond donors (Lipinski definition) is 2. The lowest BCUT2D eigenvalue weighted by Gasteiger charge is -2.17. The first kappa shape index (κ1) is 13.4. The number of nitrogens with zero attached hydrogens (tertiary/aromatic N) is 1. The summed E-state index contributed by atoms with van der Waals surface area (Å²) in [4.78, 5) is 23.9. The number of carbonyl (C=O) groups excluding carboxylic acids is 1. The summed E-state index contributed by atoms with van der Waals surface area (Å²) in [5, 5.41) is 5.85. The van der Waals surface area contributed by atoms with Crippen molar-refractivity contribution in [3.05, 3.63) is 39.8 Å². The number of aromatic amines is 1. The zero-order valence-electron chi connectivity index (χ0n) is 11.7. The van der Waals surface area contributed by atoms with Gasteiger partial charge in [-0.1, -0.05) is 20.8 Å². The van der Waals surface area contributed by atoms with Crippen molar-refractivity contribution in [3.8, 4) is 0 Å². The molecule has 0 atom stereocenters. The summed E-state index contributed by atoms with van der Waals surface area (Å²) in [7, 11) is 0. The molecular formula is C14H19N3O2. The van der Waals surface area contributed by atoms with Crippen LogP contribution in [0.5, 0.6) is 0 Å². The third-order valence-corrected chi connectivity index (χ3v) is 3.09. The highest BCUT2D eigenvalue weighted by Gasteiger charge is 2.21. The molecule has 0 spiro atoms. The first-order valence-corrected chi connectivity index (χ1v) is 6.27. The van der Waals surface area contributed by atoms with Crippen molar-refractivity contribution in [2.24, 2.45) is 5.41 Å². The number of aryl methyl sites for hydroxylation is 1. The Balaban J connectivity index is 2.34. The number of amides is 1. The standard InChI is InChI=1S/C14H19N3O2/c1-9-7-12(18)10(11-5-6-16-17(9)11)8-15-13(19)14(2,3)4/h5-7,16H,8H2,1-4H3,(H,15,19). The predicted octanol–water partition coefficient (Wildman–Crippen LogP) is 1.60. The van der Waals surface area contributed by atoms with Crippen LogP contribution >= 0.6 is 0 Å². The Bertz CT molecular complexity index is 674. The summed E-state index contributed by atoms with van der Waals surface area (Å²) in [6.45, 7) is 7.64. The minimum atomic E-state index is -0.460. The molecule has 0 fully saturated rings. The van der Waals surface area contributed by atoms with Gasteiger partial charge in [-0.25, -0.2) is 0 Å². The molecule has 0 saturated carbocycles. The first-order chi connectivity index (χ1) is 8.80. The fourth-order valence-electron chi connectivity index (χ4n) is 1.94. The molecule has 2 N–H and O–H groups in total. The van der Waals surface area contributed by atoms with Crippen LogP contribution in [0, 0.1) is 12.3 Å². The predicted molar refractivity (Wildman–Crippen MR) is 74.1 cm³/mol. The minimum absolute atomic E-state index is 0.0497. The van der Waals surface area contributed by atoms with Crippen molar-refractivity contribution >= 4 is 11.4 Å². The highest BCUT2D eigenvalue weighted by molar-refractivity contribution is 5.81. The number of pyridine rings is 1. The van der Waals surface area contributed by atoms with Crippen LogP contribution in [0.15, 0.2) is 23.1 Å². The van der Waals surface area contributed by atoms with Gasteiger partial charge < -0.3 is 10.4 Å². The second kappa shape index (κ2) is 4.57. The summed E-state index contributed by atoms with van der Waals surface area (Å²) in [6, 6.07) is 3.41. The quantitative estimate of drug-likeness (QED) is 0.862. The normalized spacial score (nSPS) is 11.8. The van der Waals surface area contributed by atoms with E-state index in [4.69, 9.17) is 0 Å². The third kappa shape index (κ3) is 2.54. The summed E-state index contributed by atoms with van der Waals surface area (Å²) in [6.07, 6.45) is 1.77. The zero-order chi connectivity index (χ0) is 14.2. The molecule has 0 saturated heterocycles. The van der Waals surface area contributed by atoms with Gasteiger partial charge in [0.05, 0.1) is 5.52 Å².